The molecule has 4 nitrogen and oxygen atoms in total. The highest BCUT2D eigenvalue weighted by molar-refractivity contribution is 5.95. The number of rotatable bonds is 7. The molecular formula is C17H27N3O. The van der Waals surface area contributed by atoms with Crippen molar-refractivity contribution in [1.29, 1.82) is 0 Å². The van der Waals surface area contributed by atoms with Gasteiger partial charge in [-0.25, -0.2) is 0 Å². The van der Waals surface area contributed by atoms with Gasteiger partial charge in [-0.1, -0.05) is 25.5 Å². The number of hydrogen-bond donors (Lipinski definition) is 2. The molecule has 1 amide bonds. The molecule has 0 atom stereocenters. The third kappa shape index (κ3) is 5.05. The van der Waals surface area contributed by atoms with E-state index in [2.05, 4.69) is 28.5 Å². The van der Waals surface area contributed by atoms with Crippen molar-refractivity contribution in [2.24, 2.45) is 0 Å². The molecule has 4 heteroatoms. The lowest BCUT2D eigenvalue weighted by molar-refractivity contribution is -0.115. The number of para-hydroxylation sites is 2. The largest absolute Gasteiger partial charge is 0.370 e. The number of carbonyl (C=O) groups is 1. The Hall–Kier alpha value is -1.55. The molecule has 0 aromatic heterocycles. The Bertz CT molecular complexity index is 441. The Morgan fingerprint density at radius 1 is 1.19 bits per heavy atom. The highest BCUT2D eigenvalue weighted by Crippen LogP contribution is 2.28. The minimum atomic E-state index is 0.0376. The van der Waals surface area contributed by atoms with Gasteiger partial charge < -0.3 is 15.5 Å². The van der Waals surface area contributed by atoms with E-state index in [4.69, 9.17) is 0 Å². The van der Waals surface area contributed by atoms with Crippen LogP contribution in [0.1, 0.15) is 39.0 Å². The monoisotopic (exact) mass is 289 g/mol. The second-order valence-electron chi connectivity index (χ2n) is 5.64. The minimum absolute atomic E-state index is 0.0376. The second kappa shape index (κ2) is 8.67. The topological polar surface area (TPSA) is 44.4 Å². The number of amides is 1. The van der Waals surface area contributed by atoms with Crippen molar-refractivity contribution in [3.05, 3.63) is 24.3 Å². The van der Waals surface area contributed by atoms with E-state index < -0.39 is 0 Å². The summed E-state index contributed by atoms with van der Waals surface area (Å²) in [5, 5.41) is 6.22. The van der Waals surface area contributed by atoms with Crippen molar-refractivity contribution in [2.75, 3.05) is 36.4 Å². The Morgan fingerprint density at radius 2 is 1.95 bits per heavy atom. The van der Waals surface area contributed by atoms with Gasteiger partial charge in [-0.3, -0.25) is 4.79 Å². The fourth-order valence-corrected chi connectivity index (χ4v) is 2.69. The van der Waals surface area contributed by atoms with Crippen LogP contribution in [-0.4, -0.2) is 32.1 Å². The predicted molar refractivity (Wildman–Crippen MR) is 88.9 cm³/mol. The van der Waals surface area contributed by atoms with Crippen LogP contribution < -0.4 is 15.5 Å². The second-order valence-corrected chi connectivity index (χ2v) is 5.64. The number of anilines is 2. The zero-order valence-corrected chi connectivity index (χ0v) is 13.0. The van der Waals surface area contributed by atoms with Gasteiger partial charge in [-0.15, -0.1) is 0 Å². The van der Waals surface area contributed by atoms with Crippen molar-refractivity contribution in [3.63, 3.8) is 0 Å². The number of piperidine rings is 1. The van der Waals surface area contributed by atoms with Crippen LogP contribution >= 0.6 is 0 Å². The molecule has 1 aliphatic rings. The molecule has 0 aliphatic carbocycles. The average Bonchev–Trinajstić information content (AvgIpc) is 2.53. The van der Waals surface area contributed by atoms with Crippen molar-refractivity contribution < 1.29 is 4.79 Å². The third-order valence-corrected chi connectivity index (χ3v) is 3.87. The number of unbranched alkanes of at least 4 members (excludes halogenated alkanes) is 1. The van der Waals surface area contributed by atoms with E-state index in [9.17, 15) is 4.79 Å². The lowest BCUT2D eigenvalue weighted by atomic mass is 10.1. The van der Waals surface area contributed by atoms with Crippen LogP contribution in [0.15, 0.2) is 24.3 Å². The molecule has 1 aromatic carbocycles. The van der Waals surface area contributed by atoms with Crippen LogP contribution in [0.2, 0.25) is 0 Å². The summed E-state index contributed by atoms with van der Waals surface area (Å²) < 4.78 is 0. The normalized spacial score (nSPS) is 15.0. The lowest BCUT2D eigenvalue weighted by Gasteiger charge is -2.30. The first-order valence-corrected chi connectivity index (χ1v) is 8.16. The Kier molecular flexibility index (Phi) is 6.54. The average molecular weight is 289 g/mol. The highest BCUT2D eigenvalue weighted by Gasteiger charge is 2.15. The molecule has 1 aliphatic heterocycles. The van der Waals surface area contributed by atoms with Crippen LogP contribution in [0.3, 0.4) is 0 Å². The quantitative estimate of drug-likeness (QED) is 0.758. The number of hydrogen-bond acceptors (Lipinski definition) is 3. The van der Waals surface area contributed by atoms with Gasteiger partial charge in [0.15, 0.2) is 0 Å². The first-order valence-electron chi connectivity index (χ1n) is 8.16. The minimum Gasteiger partial charge on any atom is -0.370 e. The molecule has 2 N–H and O–H groups in total. The standard InChI is InChI=1S/C17H27N3O/c1-2-3-11-18-14-17(21)19-15-9-5-6-10-16(15)20-12-7-4-8-13-20/h5-6,9-10,18H,2-4,7-8,11-14H2,1H3,(H,19,21). The Morgan fingerprint density at radius 3 is 2.71 bits per heavy atom. The molecule has 0 saturated carbocycles. The summed E-state index contributed by atoms with van der Waals surface area (Å²) in [7, 11) is 0. The maximum atomic E-state index is 12.0. The van der Waals surface area contributed by atoms with Gasteiger partial charge in [0.25, 0.3) is 0 Å². The summed E-state index contributed by atoms with van der Waals surface area (Å²) in [5.74, 6) is 0.0376. The molecule has 116 valence electrons. The molecule has 1 heterocycles. The van der Waals surface area contributed by atoms with E-state index in [0.29, 0.717) is 6.54 Å². The maximum absolute atomic E-state index is 12.0. The lowest BCUT2D eigenvalue weighted by Crippen LogP contribution is -2.32. The maximum Gasteiger partial charge on any atom is 0.238 e. The van der Waals surface area contributed by atoms with E-state index in [1.807, 2.05) is 18.2 Å². The summed E-state index contributed by atoms with van der Waals surface area (Å²) >= 11 is 0. The molecule has 1 saturated heterocycles. The zero-order valence-electron chi connectivity index (χ0n) is 13.0. The first kappa shape index (κ1) is 15.8. The zero-order chi connectivity index (χ0) is 14.9. The highest BCUT2D eigenvalue weighted by atomic mass is 16.1. The van der Waals surface area contributed by atoms with Gasteiger partial charge in [0.05, 0.1) is 17.9 Å². The van der Waals surface area contributed by atoms with Crippen molar-refractivity contribution >= 4 is 17.3 Å². The number of benzene rings is 1. The van der Waals surface area contributed by atoms with Crippen molar-refractivity contribution in [3.8, 4) is 0 Å². The summed E-state index contributed by atoms with van der Waals surface area (Å²) in [6.45, 7) is 5.60. The fourth-order valence-electron chi connectivity index (χ4n) is 2.69. The molecule has 2 rings (SSSR count). The Balaban J connectivity index is 1.91. The molecule has 21 heavy (non-hydrogen) atoms. The number of nitrogens with one attached hydrogen (secondary N) is 2. The molecule has 1 fully saturated rings. The van der Waals surface area contributed by atoms with Crippen LogP contribution in [0.25, 0.3) is 0 Å². The van der Waals surface area contributed by atoms with Gasteiger partial charge >= 0.3 is 0 Å². The van der Waals surface area contributed by atoms with Gasteiger partial charge in [0, 0.05) is 13.1 Å². The van der Waals surface area contributed by atoms with E-state index in [-0.39, 0.29) is 5.91 Å². The summed E-state index contributed by atoms with van der Waals surface area (Å²) in [5.41, 5.74) is 2.08. The molecule has 1 aromatic rings. The molecular weight excluding hydrogens is 262 g/mol. The molecule has 0 bridgehead atoms. The van der Waals surface area contributed by atoms with Gasteiger partial charge in [-0.05, 0) is 44.4 Å². The van der Waals surface area contributed by atoms with Crippen LogP contribution in [0, 0.1) is 0 Å². The van der Waals surface area contributed by atoms with Crippen LogP contribution in [0.4, 0.5) is 11.4 Å². The van der Waals surface area contributed by atoms with Gasteiger partial charge in [0.2, 0.25) is 5.91 Å². The summed E-state index contributed by atoms with van der Waals surface area (Å²) in [6.07, 6.45) is 6.04. The number of nitrogens with zero attached hydrogens (tertiary/aromatic N) is 1. The van der Waals surface area contributed by atoms with Crippen LogP contribution in [-0.2, 0) is 4.79 Å². The molecule has 0 spiro atoms. The Labute approximate surface area is 127 Å². The van der Waals surface area contributed by atoms with E-state index in [1.165, 1.54) is 19.3 Å². The number of carbonyl (C=O) groups excluding carboxylic acids is 1. The molecule has 0 radical (unpaired) electrons. The third-order valence-electron chi connectivity index (χ3n) is 3.87. The van der Waals surface area contributed by atoms with E-state index in [1.54, 1.807) is 0 Å². The first-order chi connectivity index (χ1) is 10.3. The summed E-state index contributed by atoms with van der Waals surface area (Å²) in [6, 6.07) is 8.12. The van der Waals surface area contributed by atoms with Crippen molar-refractivity contribution in [1.82, 2.24) is 5.32 Å². The molecule has 0 unspecified atom stereocenters. The predicted octanol–water partition coefficient (Wildman–Crippen LogP) is 3.01. The van der Waals surface area contributed by atoms with E-state index in [0.717, 1.165) is 43.9 Å². The fraction of sp³-hybridized carbons (Fsp3) is 0.588. The van der Waals surface area contributed by atoms with E-state index >= 15 is 0 Å². The van der Waals surface area contributed by atoms with Crippen LogP contribution in [0.5, 0.6) is 0 Å². The SMILES string of the molecule is CCCCNCC(=O)Nc1ccccc1N1CCCCC1. The van der Waals surface area contributed by atoms with Crippen molar-refractivity contribution in [2.45, 2.75) is 39.0 Å². The summed E-state index contributed by atoms with van der Waals surface area (Å²) in [4.78, 5) is 14.4. The van der Waals surface area contributed by atoms with Gasteiger partial charge in [0.1, 0.15) is 0 Å². The smallest absolute Gasteiger partial charge is 0.238 e. The van der Waals surface area contributed by atoms with Gasteiger partial charge in [-0.2, -0.15) is 0 Å².